The number of hydrogen-bond acceptors (Lipinski definition) is 10. The minimum absolute atomic E-state index is 0.195. The first-order chi connectivity index (χ1) is 22.3. The van der Waals surface area contributed by atoms with Crippen molar-refractivity contribution in [2.45, 2.75) is 160 Å². The maximum absolute atomic E-state index is 12.6. The van der Waals surface area contributed by atoms with Crippen LogP contribution in [0.5, 0.6) is 0 Å². The fourth-order valence-corrected chi connectivity index (χ4v) is 4.96. The summed E-state index contributed by atoms with van der Waals surface area (Å²) in [5, 5.41) is 39.7. The molecule has 0 aromatic heterocycles. The van der Waals surface area contributed by atoms with E-state index in [1.807, 2.05) is 0 Å². The van der Waals surface area contributed by atoms with Crippen molar-refractivity contribution in [1.82, 2.24) is 0 Å². The lowest BCUT2D eigenvalue weighted by Gasteiger charge is -2.39. The average Bonchev–Trinajstić information content (AvgIpc) is 3.05. The summed E-state index contributed by atoms with van der Waals surface area (Å²) in [7, 11) is 0. The molecule has 10 heteroatoms. The minimum Gasteiger partial charge on any atom is -0.462 e. The molecule has 0 aromatic carbocycles. The molecule has 1 aliphatic rings. The van der Waals surface area contributed by atoms with Crippen LogP contribution in [0.3, 0.4) is 0 Å². The lowest BCUT2D eigenvalue weighted by atomic mass is 9.99. The predicted octanol–water partition coefficient (Wildman–Crippen LogP) is 5.60. The molecule has 0 aliphatic carbocycles. The van der Waals surface area contributed by atoms with Crippen LogP contribution in [0.15, 0.2) is 36.5 Å². The summed E-state index contributed by atoms with van der Waals surface area (Å²) in [5.74, 6) is -0.851. The van der Waals surface area contributed by atoms with E-state index >= 15 is 0 Å². The summed E-state index contributed by atoms with van der Waals surface area (Å²) in [4.78, 5) is 25.0. The van der Waals surface area contributed by atoms with Crippen molar-refractivity contribution in [3.63, 3.8) is 0 Å². The van der Waals surface area contributed by atoms with E-state index in [1.165, 1.54) is 25.7 Å². The van der Waals surface area contributed by atoms with Crippen LogP contribution in [0.25, 0.3) is 0 Å². The van der Waals surface area contributed by atoms with Crippen molar-refractivity contribution in [2.24, 2.45) is 0 Å². The maximum atomic E-state index is 12.6. The molecule has 1 fully saturated rings. The Labute approximate surface area is 276 Å². The lowest BCUT2D eigenvalue weighted by molar-refractivity contribution is -0.305. The number of ether oxygens (including phenoxy) is 4. The predicted molar refractivity (Wildman–Crippen MR) is 178 cm³/mol. The minimum atomic E-state index is -1.60. The first-order valence-electron chi connectivity index (χ1n) is 17.6. The highest BCUT2D eigenvalue weighted by atomic mass is 16.7. The number of hydrogen-bond donors (Lipinski definition) is 4. The molecular weight excluding hydrogens is 592 g/mol. The number of aliphatic hydroxyl groups excluding tert-OH is 4. The molecule has 1 aliphatic heterocycles. The third-order valence-electron chi connectivity index (χ3n) is 7.79. The van der Waals surface area contributed by atoms with E-state index in [4.69, 9.17) is 18.9 Å². The molecule has 0 spiro atoms. The molecule has 0 amide bonds. The molecule has 0 aromatic rings. The standard InChI is InChI=1S/C36H62O10/c1-3-5-7-9-11-13-14-15-16-17-19-21-23-25-32(39)45-29(27-43-31(38)24-22-20-18-12-10-8-6-4-2)28-44-36-35(42)34(41)33(40)30(26-37)46-36/h5,7,11,13,15-16,29-30,33-37,40-42H,3-4,6,8-10,12,14,17-28H2,1-2H3/b7-5-,13-11-,16-15-. The Kier molecular flexibility index (Phi) is 25.5. The van der Waals surface area contributed by atoms with Gasteiger partial charge in [-0.1, -0.05) is 102 Å². The van der Waals surface area contributed by atoms with E-state index in [9.17, 15) is 30.0 Å². The third kappa shape index (κ3) is 20.2. The highest BCUT2D eigenvalue weighted by molar-refractivity contribution is 5.70. The number of unbranched alkanes of at least 4 members (excludes halogenated alkanes) is 10. The fraction of sp³-hybridized carbons (Fsp3) is 0.778. The van der Waals surface area contributed by atoms with E-state index in [1.54, 1.807) is 0 Å². The Morgan fingerprint density at radius 2 is 1.28 bits per heavy atom. The normalized spacial score (nSPS) is 22.6. The molecule has 10 nitrogen and oxygen atoms in total. The van der Waals surface area contributed by atoms with E-state index in [-0.39, 0.29) is 26.1 Å². The van der Waals surface area contributed by atoms with Gasteiger partial charge in [0, 0.05) is 12.8 Å². The molecule has 46 heavy (non-hydrogen) atoms. The van der Waals surface area contributed by atoms with Gasteiger partial charge in [-0.3, -0.25) is 9.59 Å². The number of carbonyl (C=O) groups is 2. The monoisotopic (exact) mass is 654 g/mol. The molecule has 1 heterocycles. The topological polar surface area (TPSA) is 152 Å². The van der Waals surface area contributed by atoms with Crippen molar-refractivity contribution in [1.29, 1.82) is 0 Å². The second-order valence-electron chi connectivity index (χ2n) is 11.9. The van der Waals surface area contributed by atoms with E-state index in [0.717, 1.165) is 64.2 Å². The van der Waals surface area contributed by atoms with Crippen molar-refractivity contribution < 1.29 is 49.0 Å². The average molecular weight is 655 g/mol. The summed E-state index contributed by atoms with van der Waals surface area (Å²) in [6.07, 6.45) is 20.3. The number of esters is 2. The first kappa shape index (κ1) is 41.9. The van der Waals surface area contributed by atoms with Gasteiger partial charge in [0.25, 0.3) is 0 Å². The number of carbonyl (C=O) groups excluding carboxylic acids is 2. The van der Waals surface area contributed by atoms with Gasteiger partial charge >= 0.3 is 11.9 Å². The van der Waals surface area contributed by atoms with Crippen LogP contribution >= 0.6 is 0 Å². The Morgan fingerprint density at radius 3 is 1.93 bits per heavy atom. The Hall–Kier alpha value is -2.08. The van der Waals surface area contributed by atoms with Crippen molar-refractivity contribution in [3.05, 3.63) is 36.5 Å². The van der Waals surface area contributed by atoms with Gasteiger partial charge in [-0.15, -0.1) is 0 Å². The zero-order valence-corrected chi connectivity index (χ0v) is 28.3. The van der Waals surface area contributed by atoms with Gasteiger partial charge in [0.1, 0.15) is 31.0 Å². The van der Waals surface area contributed by atoms with Crippen LogP contribution in [0.4, 0.5) is 0 Å². The second-order valence-corrected chi connectivity index (χ2v) is 11.9. The molecule has 0 saturated carbocycles. The molecule has 6 unspecified atom stereocenters. The van der Waals surface area contributed by atoms with Crippen LogP contribution in [0.2, 0.25) is 0 Å². The first-order valence-corrected chi connectivity index (χ1v) is 17.6. The van der Waals surface area contributed by atoms with Crippen molar-refractivity contribution in [2.75, 3.05) is 19.8 Å². The molecule has 1 rings (SSSR count). The second kappa shape index (κ2) is 28.0. The van der Waals surface area contributed by atoms with Gasteiger partial charge in [-0.25, -0.2) is 0 Å². The zero-order chi connectivity index (χ0) is 33.8. The van der Waals surface area contributed by atoms with Crippen LogP contribution in [0, 0.1) is 0 Å². The highest BCUT2D eigenvalue weighted by Gasteiger charge is 2.44. The molecule has 0 bridgehead atoms. The molecule has 266 valence electrons. The SMILES string of the molecule is CC/C=C\C/C=C\C/C=C\CCCCCC(=O)OC(COC(=O)CCCCCCCCCC)COC1OC(CO)C(O)C(O)C1O. The maximum Gasteiger partial charge on any atom is 0.306 e. The van der Waals surface area contributed by atoms with Crippen LogP contribution < -0.4 is 0 Å². The number of aliphatic hydroxyl groups is 4. The Balaban J connectivity index is 2.47. The van der Waals surface area contributed by atoms with E-state index < -0.39 is 55.4 Å². The molecule has 0 radical (unpaired) electrons. The molecule has 4 N–H and O–H groups in total. The van der Waals surface area contributed by atoms with Crippen LogP contribution in [-0.2, 0) is 28.5 Å². The highest BCUT2D eigenvalue weighted by Crippen LogP contribution is 2.22. The van der Waals surface area contributed by atoms with E-state index in [0.29, 0.717) is 6.42 Å². The quantitative estimate of drug-likeness (QED) is 0.0501. The van der Waals surface area contributed by atoms with E-state index in [2.05, 4.69) is 50.3 Å². The summed E-state index contributed by atoms with van der Waals surface area (Å²) < 4.78 is 21.9. The van der Waals surface area contributed by atoms with Gasteiger partial charge in [-0.05, 0) is 44.9 Å². The fourth-order valence-electron chi connectivity index (χ4n) is 4.96. The van der Waals surface area contributed by atoms with Gasteiger partial charge < -0.3 is 39.4 Å². The van der Waals surface area contributed by atoms with Gasteiger partial charge in [0.2, 0.25) is 0 Å². The van der Waals surface area contributed by atoms with Gasteiger partial charge in [-0.2, -0.15) is 0 Å². The number of rotatable bonds is 27. The van der Waals surface area contributed by atoms with Crippen LogP contribution in [-0.4, -0.2) is 89.0 Å². The largest absolute Gasteiger partial charge is 0.462 e. The lowest BCUT2D eigenvalue weighted by Crippen LogP contribution is -2.59. The molecule has 1 saturated heterocycles. The number of allylic oxidation sites excluding steroid dienone is 6. The molecule has 6 atom stereocenters. The van der Waals surface area contributed by atoms with Crippen LogP contribution in [0.1, 0.15) is 123 Å². The summed E-state index contributed by atoms with van der Waals surface area (Å²) in [5.41, 5.74) is 0. The Bertz CT molecular complexity index is 856. The summed E-state index contributed by atoms with van der Waals surface area (Å²) >= 11 is 0. The van der Waals surface area contributed by atoms with Crippen molar-refractivity contribution in [3.8, 4) is 0 Å². The Morgan fingerprint density at radius 1 is 0.696 bits per heavy atom. The molecular formula is C36H62O10. The summed E-state index contributed by atoms with van der Waals surface area (Å²) in [6, 6.07) is 0. The van der Waals surface area contributed by atoms with Crippen molar-refractivity contribution >= 4 is 11.9 Å². The third-order valence-corrected chi connectivity index (χ3v) is 7.79. The smallest absolute Gasteiger partial charge is 0.306 e. The van der Waals surface area contributed by atoms with Gasteiger partial charge in [0.15, 0.2) is 12.4 Å². The zero-order valence-electron chi connectivity index (χ0n) is 28.3. The van der Waals surface area contributed by atoms with Gasteiger partial charge in [0.05, 0.1) is 13.2 Å². The summed E-state index contributed by atoms with van der Waals surface area (Å²) in [6.45, 7) is 3.20.